The Kier molecular flexibility index (Phi) is 3.98. The number of aromatic nitrogens is 4. The highest BCUT2D eigenvalue weighted by molar-refractivity contribution is 7.99. The first kappa shape index (κ1) is 14.2. The molecule has 0 atom stereocenters. The maximum atomic E-state index is 12.5. The molecule has 0 fully saturated rings. The van der Waals surface area contributed by atoms with Gasteiger partial charge in [0.05, 0.1) is 0 Å². The van der Waals surface area contributed by atoms with E-state index in [1.807, 2.05) is 6.20 Å². The number of nitrogens with zero attached hydrogens (tertiary/aromatic N) is 4. The summed E-state index contributed by atoms with van der Waals surface area (Å²) in [7, 11) is 0. The van der Waals surface area contributed by atoms with Gasteiger partial charge in [0.1, 0.15) is 0 Å². The van der Waals surface area contributed by atoms with Crippen LogP contribution in [0.2, 0.25) is 5.02 Å². The van der Waals surface area contributed by atoms with Crippen molar-refractivity contribution < 1.29 is 0 Å². The second-order valence-corrected chi connectivity index (χ2v) is 5.97. The summed E-state index contributed by atoms with van der Waals surface area (Å²) in [5, 5.41) is 9.47. The fourth-order valence-electron chi connectivity index (χ4n) is 1.96. The van der Waals surface area contributed by atoms with Gasteiger partial charge in [-0.15, -0.1) is 10.2 Å². The first-order valence-electron chi connectivity index (χ1n) is 6.56. The van der Waals surface area contributed by atoms with Crippen LogP contribution in [0.1, 0.15) is 13.3 Å². The minimum absolute atomic E-state index is 0.198. The van der Waals surface area contributed by atoms with Gasteiger partial charge >= 0.3 is 5.56 Å². The van der Waals surface area contributed by atoms with E-state index in [4.69, 9.17) is 11.6 Å². The standard InChI is InChI=1S/C14H13ClN4OS/c1-2-9-21-14-17-16-12-13(20)18(7-8-19(12)14)11-5-3-10(15)4-6-11/h3-8H,2,9H2,1H3. The van der Waals surface area contributed by atoms with Crippen LogP contribution in [0.25, 0.3) is 11.3 Å². The smallest absolute Gasteiger partial charge is 0.280 e. The summed E-state index contributed by atoms with van der Waals surface area (Å²) < 4.78 is 3.27. The van der Waals surface area contributed by atoms with E-state index in [1.54, 1.807) is 46.6 Å². The molecule has 0 aliphatic rings. The molecule has 3 rings (SSSR count). The van der Waals surface area contributed by atoms with Crippen LogP contribution < -0.4 is 5.56 Å². The highest BCUT2D eigenvalue weighted by Crippen LogP contribution is 2.17. The summed E-state index contributed by atoms with van der Waals surface area (Å²) in [5.41, 5.74) is 0.874. The largest absolute Gasteiger partial charge is 0.300 e. The Labute approximate surface area is 130 Å². The molecule has 2 aromatic heterocycles. The first-order chi connectivity index (χ1) is 10.2. The van der Waals surface area contributed by atoms with E-state index in [-0.39, 0.29) is 5.56 Å². The lowest BCUT2D eigenvalue weighted by Gasteiger charge is -2.06. The van der Waals surface area contributed by atoms with Gasteiger partial charge in [-0.1, -0.05) is 30.3 Å². The van der Waals surface area contributed by atoms with Crippen LogP contribution in [0.15, 0.2) is 46.6 Å². The Hall–Kier alpha value is -1.79. The lowest BCUT2D eigenvalue weighted by Crippen LogP contribution is -2.20. The van der Waals surface area contributed by atoms with Crippen molar-refractivity contribution in [2.24, 2.45) is 0 Å². The molecule has 1 aromatic carbocycles. The molecule has 0 aliphatic heterocycles. The minimum Gasteiger partial charge on any atom is -0.280 e. The number of benzene rings is 1. The zero-order chi connectivity index (χ0) is 14.8. The van der Waals surface area contributed by atoms with Gasteiger partial charge in [0.2, 0.25) is 5.65 Å². The van der Waals surface area contributed by atoms with Crippen LogP contribution in [0.3, 0.4) is 0 Å². The number of hydrogen-bond donors (Lipinski definition) is 0. The van der Waals surface area contributed by atoms with E-state index >= 15 is 0 Å². The molecular weight excluding hydrogens is 308 g/mol. The number of rotatable bonds is 4. The van der Waals surface area contributed by atoms with Crippen molar-refractivity contribution >= 4 is 29.0 Å². The molecule has 5 nitrogen and oxygen atoms in total. The van der Waals surface area contributed by atoms with E-state index in [2.05, 4.69) is 17.1 Å². The van der Waals surface area contributed by atoms with Gasteiger partial charge in [-0.25, -0.2) is 0 Å². The van der Waals surface area contributed by atoms with Crippen LogP contribution in [0, 0.1) is 0 Å². The normalized spacial score (nSPS) is 11.1. The Bertz CT molecular complexity index is 825. The Balaban J connectivity index is 2.09. The fraction of sp³-hybridized carbons (Fsp3) is 0.214. The van der Waals surface area contributed by atoms with Gasteiger partial charge < -0.3 is 0 Å². The molecule has 21 heavy (non-hydrogen) atoms. The molecule has 0 radical (unpaired) electrons. The number of halogens is 1. The molecular formula is C14H13ClN4OS. The highest BCUT2D eigenvalue weighted by Gasteiger charge is 2.11. The predicted molar refractivity (Wildman–Crippen MR) is 84.6 cm³/mol. The summed E-state index contributed by atoms with van der Waals surface area (Å²) in [4.78, 5) is 12.5. The molecule has 2 heterocycles. The Morgan fingerprint density at radius 1 is 1.19 bits per heavy atom. The SMILES string of the molecule is CCCSc1nnc2c(=O)n(-c3ccc(Cl)cc3)ccn12. The van der Waals surface area contributed by atoms with Gasteiger partial charge in [-0.2, -0.15) is 0 Å². The fourth-order valence-corrected chi connectivity index (χ4v) is 2.86. The van der Waals surface area contributed by atoms with E-state index < -0.39 is 0 Å². The molecule has 108 valence electrons. The molecule has 0 aliphatic carbocycles. The van der Waals surface area contributed by atoms with Gasteiger partial charge in [0.25, 0.3) is 0 Å². The first-order valence-corrected chi connectivity index (χ1v) is 7.92. The Morgan fingerprint density at radius 2 is 1.95 bits per heavy atom. The quantitative estimate of drug-likeness (QED) is 0.693. The number of hydrogen-bond acceptors (Lipinski definition) is 4. The van der Waals surface area contributed by atoms with E-state index in [0.717, 1.165) is 23.0 Å². The summed E-state index contributed by atoms with van der Waals surface area (Å²) in [6.45, 7) is 2.10. The van der Waals surface area contributed by atoms with Crippen molar-refractivity contribution in [3.8, 4) is 5.69 Å². The average molecular weight is 321 g/mol. The molecule has 3 aromatic rings. The third-order valence-electron chi connectivity index (χ3n) is 2.98. The summed E-state index contributed by atoms with van der Waals surface area (Å²) in [6.07, 6.45) is 4.57. The lowest BCUT2D eigenvalue weighted by atomic mass is 10.3. The highest BCUT2D eigenvalue weighted by atomic mass is 35.5. The molecule has 0 N–H and O–H groups in total. The zero-order valence-corrected chi connectivity index (χ0v) is 12.9. The van der Waals surface area contributed by atoms with Crippen LogP contribution in [-0.4, -0.2) is 24.9 Å². The Morgan fingerprint density at radius 3 is 2.67 bits per heavy atom. The second kappa shape index (κ2) is 5.91. The summed E-state index contributed by atoms with van der Waals surface area (Å²) in [6, 6.07) is 7.09. The van der Waals surface area contributed by atoms with Crippen LogP contribution in [-0.2, 0) is 0 Å². The van der Waals surface area contributed by atoms with Gasteiger partial charge in [0, 0.05) is 28.9 Å². The zero-order valence-electron chi connectivity index (χ0n) is 11.4. The van der Waals surface area contributed by atoms with E-state index in [0.29, 0.717) is 10.7 Å². The van der Waals surface area contributed by atoms with Crippen LogP contribution >= 0.6 is 23.4 Å². The third-order valence-corrected chi connectivity index (χ3v) is 4.38. The van der Waals surface area contributed by atoms with E-state index in [1.165, 1.54) is 4.57 Å². The maximum Gasteiger partial charge on any atom is 0.300 e. The van der Waals surface area contributed by atoms with Crippen molar-refractivity contribution in [3.63, 3.8) is 0 Å². The molecule has 0 bridgehead atoms. The topological polar surface area (TPSA) is 52.2 Å². The molecule has 0 amide bonds. The van der Waals surface area contributed by atoms with Gasteiger partial charge in [-0.3, -0.25) is 13.8 Å². The third kappa shape index (κ3) is 2.69. The van der Waals surface area contributed by atoms with Gasteiger partial charge in [-0.05, 0) is 30.7 Å². The molecule has 0 spiro atoms. The number of thioether (sulfide) groups is 1. The molecule has 0 saturated heterocycles. The van der Waals surface area contributed by atoms with Crippen LogP contribution in [0.4, 0.5) is 0 Å². The summed E-state index contributed by atoms with van der Waals surface area (Å²) in [5.74, 6) is 0.945. The summed E-state index contributed by atoms with van der Waals surface area (Å²) >= 11 is 7.46. The minimum atomic E-state index is -0.198. The van der Waals surface area contributed by atoms with Crippen molar-refractivity contribution in [1.82, 2.24) is 19.2 Å². The number of fused-ring (bicyclic) bond motifs is 1. The molecule has 0 saturated carbocycles. The maximum absolute atomic E-state index is 12.5. The van der Waals surface area contributed by atoms with Crippen molar-refractivity contribution in [2.75, 3.05) is 5.75 Å². The van der Waals surface area contributed by atoms with Gasteiger partial charge in [0.15, 0.2) is 5.16 Å². The lowest BCUT2D eigenvalue weighted by molar-refractivity contribution is 0.891. The van der Waals surface area contributed by atoms with E-state index in [9.17, 15) is 4.79 Å². The van der Waals surface area contributed by atoms with Crippen LogP contribution in [0.5, 0.6) is 0 Å². The van der Waals surface area contributed by atoms with Crippen molar-refractivity contribution in [2.45, 2.75) is 18.5 Å². The molecule has 7 heteroatoms. The second-order valence-electron chi connectivity index (χ2n) is 4.47. The van der Waals surface area contributed by atoms with Crippen molar-refractivity contribution in [3.05, 3.63) is 52.0 Å². The predicted octanol–water partition coefficient (Wildman–Crippen LogP) is 3.04. The van der Waals surface area contributed by atoms with Crippen molar-refractivity contribution in [1.29, 1.82) is 0 Å². The monoisotopic (exact) mass is 320 g/mol. The average Bonchev–Trinajstić information content (AvgIpc) is 2.91. The molecule has 0 unspecified atom stereocenters.